The summed E-state index contributed by atoms with van der Waals surface area (Å²) in [4.78, 5) is 14.5. The van der Waals surface area contributed by atoms with Gasteiger partial charge in [0.25, 0.3) is 0 Å². The van der Waals surface area contributed by atoms with Crippen molar-refractivity contribution in [3.05, 3.63) is 24.3 Å². The second-order valence-corrected chi connectivity index (χ2v) is 8.41. The van der Waals surface area contributed by atoms with Gasteiger partial charge in [-0.1, -0.05) is 11.8 Å². The van der Waals surface area contributed by atoms with Crippen molar-refractivity contribution in [2.45, 2.75) is 43.8 Å². The molecule has 2 heterocycles. The van der Waals surface area contributed by atoms with Crippen LogP contribution in [0.5, 0.6) is 11.5 Å². The number of ether oxygens (including phenoxy) is 2. The van der Waals surface area contributed by atoms with Crippen molar-refractivity contribution in [1.82, 2.24) is 20.1 Å². The summed E-state index contributed by atoms with van der Waals surface area (Å²) in [5, 5.41) is 12.5. The minimum Gasteiger partial charge on any atom is -0.494 e. The van der Waals surface area contributed by atoms with Crippen LogP contribution in [0.2, 0.25) is 0 Å². The molecule has 1 saturated heterocycles. The molecule has 1 aromatic carbocycles. The summed E-state index contributed by atoms with van der Waals surface area (Å²) >= 11 is 1.46. The lowest BCUT2D eigenvalue weighted by Gasteiger charge is -2.17. The van der Waals surface area contributed by atoms with Crippen molar-refractivity contribution < 1.29 is 14.3 Å². The largest absolute Gasteiger partial charge is 0.494 e. The van der Waals surface area contributed by atoms with E-state index in [-0.39, 0.29) is 5.91 Å². The number of carbonyl (C=O) groups excluding carboxylic acids is 1. The molecule has 1 amide bonds. The first-order chi connectivity index (χ1) is 14.7. The third-order valence-corrected chi connectivity index (χ3v) is 6.05. The standard InChI is InChI=1S/C21H29N5O3S/c1-2-28-17-7-9-18(10-8-17)29-14-11-22-19(27)15-30-21-24-23-20(25-12-3-4-13-25)26(21)16-5-6-16/h7-10,16H,2-6,11-15H2,1H3,(H,22,27). The normalized spacial score (nSPS) is 16.0. The highest BCUT2D eigenvalue weighted by atomic mass is 32.2. The second-order valence-electron chi connectivity index (χ2n) is 7.47. The molecule has 2 aliphatic rings. The van der Waals surface area contributed by atoms with E-state index in [0.717, 1.165) is 35.7 Å². The van der Waals surface area contributed by atoms with Crippen LogP contribution in [0, 0.1) is 0 Å². The summed E-state index contributed by atoms with van der Waals surface area (Å²) in [7, 11) is 0. The third-order valence-electron chi connectivity index (χ3n) is 5.11. The Bertz CT molecular complexity index is 832. The molecule has 4 rings (SSSR count). The smallest absolute Gasteiger partial charge is 0.230 e. The van der Waals surface area contributed by atoms with Crippen LogP contribution in [0.1, 0.15) is 38.6 Å². The Kier molecular flexibility index (Phi) is 6.99. The van der Waals surface area contributed by atoms with E-state index in [9.17, 15) is 4.79 Å². The monoisotopic (exact) mass is 431 g/mol. The Morgan fingerprint density at radius 1 is 1.13 bits per heavy atom. The molecule has 0 unspecified atom stereocenters. The number of anilines is 1. The zero-order valence-electron chi connectivity index (χ0n) is 17.4. The van der Waals surface area contributed by atoms with Gasteiger partial charge < -0.3 is 19.7 Å². The fourth-order valence-electron chi connectivity index (χ4n) is 3.49. The quantitative estimate of drug-likeness (QED) is 0.433. The van der Waals surface area contributed by atoms with Gasteiger partial charge in [0.1, 0.15) is 18.1 Å². The first-order valence-corrected chi connectivity index (χ1v) is 11.7. The highest BCUT2D eigenvalue weighted by Gasteiger charge is 2.32. The van der Waals surface area contributed by atoms with E-state index in [4.69, 9.17) is 9.47 Å². The lowest BCUT2D eigenvalue weighted by molar-refractivity contribution is -0.118. The molecule has 0 radical (unpaired) electrons. The Morgan fingerprint density at radius 3 is 2.50 bits per heavy atom. The van der Waals surface area contributed by atoms with Gasteiger partial charge in [0.2, 0.25) is 11.9 Å². The summed E-state index contributed by atoms with van der Waals surface area (Å²) in [6, 6.07) is 7.97. The van der Waals surface area contributed by atoms with Gasteiger partial charge in [0.15, 0.2) is 5.16 Å². The van der Waals surface area contributed by atoms with Gasteiger partial charge in [-0.25, -0.2) is 0 Å². The fraction of sp³-hybridized carbons (Fsp3) is 0.571. The highest BCUT2D eigenvalue weighted by molar-refractivity contribution is 7.99. The fourth-order valence-corrected chi connectivity index (χ4v) is 4.32. The zero-order chi connectivity index (χ0) is 20.8. The van der Waals surface area contributed by atoms with Crippen LogP contribution in [0.25, 0.3) is 0 Å². The first-order valence-electron chi connectivity index (χ1n) is 10.7. The topological polar surface area (TPSA) is 81.5 Å². The van der Waals surface area contributed by atoms with Crippen LogP contribution >= 0.6 is 11.8 Å². The van der Waals surface area contributed by atoms with Crippen LogP contribution < -0.4 is 19.7 Å². The molecule has 2 aromatic rings. The van der Waals surface area contributed by atoms with Crippen molar-refractivity contribution in [1.29, 1.82) is 0 Å². The maximum atomic E-state index is 12.2. The van der Waals surface area contributed by atoms with Crippen molar-refractivity contribution >= 4 is 23.6 Å². The summed E-state index contributed by atoms with van der Waals surface area (Å²) in [5.74, 6) is 2.86. The maximum absolute atomic E-state index is 12.2. The van der Waals surface area contributed by atoms with Gasteiger partial charge in [-0.15, -0.1) is 10.2 Å². The molecule has 0 bridgehead atoms. The van der Waals surface area contributed by atoms with E-state index >= 15 is 0 Å². The number of benzene rings is 1. The minimum absolute atomic E-state index is 0.0247. The number of hydrogen-bond donors (Lipinski definition) is 1. The lowest BCUT2D eigenvalue weighted by atomic mass is 10.3. The minimum atomic E-state index is -0.0247. The number of rotatable bonds is 11. The first kappa shape index (κ1) is 20.8. The van der Waals surface area contributed by atoms with Crippen molar-refractivity contribution in [2.75, 3.05) is 43.5 Å². The Hall–Kier alpha value is -2.42. The molecule has 1 aliphatic carbocycles. The van der Waals surface area contributed by atoms with Gasteiger partial charge in [-0.2, -0.15) is 0 Å². The highest BCUT2D eigenvalue weighted by Crippen LogP contribution is 2.41. The molecule has 30 heavy (non-hydrogen) atoms. The number of hydrogen-bond acceptors (Lipinski definition) is 7. The summed E-state index contributed by atoms with van der Waals surface area (Å²) < 4.78 is 13.3. The molecule has 2 fully saturated rings. The lowest BCUT2D eigenvalue weighted by Crippen LogP contribution is -2.29. The van der Waals surface area contributed by atoms with Crippen LogP contribution in [0.3, 0.4) is 0 Å². The summed E-state index contributed by atoms with van der Waals surface area (Å²) in [5.41, 5.74) is 0. The van der Waals surface area contributed by atoms with E-state index in [1.807, 2.05) is 31.2 Å². The van der Waals surface area contributed by atoms with E-state index in [1.165, 1.54) is 37.4 Å². The molecule has 162 valence electrons. The Labute approximate surface area is 181 Å². The predicted octanol–water partition coefficient (Wildman–Crippen LogP) is 2.90. The average molecular weight is 432 g/mol. The van der Waals surface area contributed by atoms with Gasteiger partial charge in [0, 0.05) is 19.1 Å². The molecular formula is C21H29N5O3S. The Balaban J connectivity index is 1.20. The summed E-state index contributed by atoms with van der Waals surface area (Å²) in [6.45, 7) is 5.56. The van der Waals surface area contributed by atoms with Gasteiger partial charge in [-0.3, -0.25) is 9.36 Å². The number of aromatic nitrogens is 3. The molecule has 0 spiro atoms. The SMILES string of the molecule is CCOc1ccc(OCCNC(=O)CSc2nnc(N3CCCC3)n2C2CC2)cc1. The number of nitrogens with zero attached hydrogens (tertiary/aromatic N) is 4. The van der Waals surface area contributed by atoms with Gasteiger partial charge >= 0.3 is 0 Å². The van der Waals surface area contributed by atoms with Crippen LogP contribution in [-0.2, 0) is 4.79 Å². The number of carbonyl (C=O) groups is 1. The molecular weight excluding hydrogens is 402 g/mol. The molecule has 1 aliphatic heterocycles. The number of thioether (sulfide) groups is 1. The maximum Gasteiger partial charge on any atom is 0.230 e. The van der Waals surface area contributed by atoms with Gasteiger partial charge in [0.05, 0.1) is 18.9 Å². The Morgan fingerprint density at radius 2 is 1.83 bits per heavy atom. The van der Waals surface area contributed by atoms with Crippen molar-refractivity contribution in [2.24, 2.45) is 0 Å². The molecule has 1 saturated carbocycles. The van der Waals surface area contributed by atoms with Crippen molar-refractivity contribution in [3.63, 3.8) is 0 Å². The zero-order valence-corrected chi connectivity index (χ0v) is 18.2. The number of nitrogens with one attached hydrogen (secondary N) is 1. The predicted molar refractivity (Wildman–Crippen MR) is 117 cm³/mol. The van der Waals surface area contributed by atoms with Crippen LogP contribution in [0.4, 0.5) is 5.95 Å². The van der Waals surface area contributed by atoms with E-state index in [1.54, 1.807) is 0 Å². The molecule has 1 aromatic heterocycles. The van der Waals surface area contributed by atoms with Gasteiger partial charge in [-0.05, 0) is 56.9 Å². The summed E-state index contributed by atoms with van der Waals surface area (Å²) in [6.07, 6.45) is 4.76. The van der Waals surface area contributed by atoms with E-state index in [0.29, 0.717) is 31.6 Å². The average Bonchev–Trinajstić information content (AvgIpc) is 3.27. The third kappa shape index (κ3) is 5.38. The van der Waals surface area contributed by atoms with Crippen molar-refractivity contribution in [3.8, 4) is 11.5 Å². The number of amides is 1. The van der Waals surface area contributed by atoms with E-state index < -0.39 is 0 Å². The second kappa shape index (κ2) is 10.1. The van der Waals surface area contributed by atoms with Crippen LogP contribution in [-0.4, -0.2) is 59.3 Å². The van der Waals surface area contributed by atoms with Crippen LogP contribution in [0.15, 0.2) is 29.4 Å². The molecule has 1 N–H and O–H groups in total. The molecule has 9 heteroatoms. The molecule has 0 atom stereocenters. The molecule has 8 nitrogen and oxygen atoms in total. The van der Waals surface area contributed by atoms with E-state index in [2.05, 4.69) is 25.0 Å².